The summed E-state index contributed by atoms with van der Waals surface area (Å²) in [5.74, 6) is -1.95. The lowest BCUT2D eigenvalue weighted by molar-refractivity contribution is -0.174. The van der Waals surface area contributed by atoms with Crippen molar-refractivity contribution in [3.8, 4) is 0 Å². The fourth-order valence-corrected chi connectivity index (χ4v) is 2.69. The predicted octanol–water partition coefficient (Wildman–Crippen LogP) is 0.153. The minimum absolute atomic E-state index is 0.126. The molecule has 3 amide bonds. The van der Waals surface area contributed by atoms with E-state index in [0.29, 0.717) is 26.1 Å². The summed E-state index contributed by atoms with van der Waals surface area (Å²) >= 11 is 0. The van der Waals surface area contributed by atoms with Crippen molar-refractivity contribution < 1.29 is 22.8 Å². The second kappa shape index (κ2) is 6.08. The zero-order valence-corrected chi connectivity index (χ0v) is 11.7. The number of nitrogens with one attached hydrogen (secondary N) is 2. The molecule has 0 spiro atoms. The third-order valence-electron chi connectivity index (χ3n) is 3.92. The van der Waals surface area contributed by atoms with Crippen LogP contribution in [0.15, 0.2) is 0 Å². The van der Waals surface area contributed by atoms with Gasteiger partial charge in [0.05, 0.1) is 0 Å². The van der Waals surface area contributed by atoms with Crippen LogP contribution in [0.2, 0.25) is 0 Å². The van der Waals surface area contributed by atoms with E-state index in [1.807, 2.05) is 12.4 Å². The van der Waals surface area contributed by atoms with Crippen LogP contribution in [0, 0.1) is 0 Å². The number of rotatable bonds is 2. The molecule has 0 saturated carbocycles. The van der Waals surface area contributed by atoms with Crippen LogP contribution in [0.5, 0.6) is 0 Å². The quantitative estimate of drug-likeness (QED) is 0.763. The van der Waals surface area contributed by atoms with Gasteiger partial charge < -0.3 is 20.4 Å². The van der Waals surface area contributed by atoms with E-state index in [1.165, 1.54) is 4.90 Å². The third kappa shape index (κ3) is 3.78. The molecule has 0 aromatic rings. The number of carbonyl (C=O) groups is 2. The van der Waals surface area contributed by atoms with Crippen LogP contribution in [0.1, 0.15) is 12.8 Å². The van der Waals surface area contributed by atoms with Crippen LogP contribution >= 0.6 is 0 Å². The molecule has 2 N–H and O–H groups in total. The van der Waals surface area contributed by atoms with Gasteiger partial charge in [-0.2, -0.15) is 13.2 Å². The Balaban J connectivity index is 1.82. The Bertz CT molecular complexity index is 416. The van der Waals surface area contributed by atoms with Crippen molar-refractivity contribution in [1.29, 1.82) is 0 Å². The highest BCUT2D eigenvalue weighted by Gasteiger charge is 2.41. The van der Waals surface area contributed by atoms with Crippen LogP contribution in [0.25, 0.3) is 0 Å². The summed E-state index contributed by atoms with van der Waals surface area (Å²) in [7, 11) is 1.83. The van der Waals surface area contributed by atoms with Gasteiger partial charge in [0.15, 0.2) is 0 Å². The zero-order chi connectivity index (χ0) is 15.6. The Hall–Kier alpha value is -1.51. The van der Waals surface area contributed by atoms with Crippen molar-refractivity contribution in [2.24, 2.45) is 0 Å². The molecule has 21 heavy (non-hydrogen) atoms. The summed E-state index contributed by atoms with van der Waals surface area (Å²) in [6, 6.07) is -0.542. The largest absolute Gasteiger partial charge is 0.471 e. The fraction of sp³-hybridized carbons (Fsp3) is 0.833. The highest BCUT2D eigenvalue weighted by atomic mass is 19.4. The minimum atomic E-state index is -4.88. The number of alkyl halides is 3. The fourth-order valence-electron chi connectivity index (χ4n) is 2.69. The monoisotopic (exact) mass is 308 g/mol. The molecule has 2 rings (SSSR count). The molecule has 6 nitrogen and oxygen atoms in total. The SMILES string of the molecule is CNC1CCN(C(=O)N2CCC(NC(=O)C(F)(F)F)C2)C1. The molecule has 0 aliphatic carbocycles. The molecule has 2 aliphatic heterocycles. The van der Waals surface area contributed by atoms with Crippen LogP contribution < -0.4 is 10.6 Å². The summed E-state index contributed by atoms with van der Waals surface area (Å²) < 4.78 is 36.5. The van der Waals surface area contributed by atoms with Crippen molar-refractivity contribution in [3.63, 3.8) is 0 Å². The van der Waals surface area contributed by atoms with Gasteiger partial charge in [-0.1, -0.05) is 0 Å². The lowest BCUT2D eigenvalue weighted by atomic mass is 10.2. The molecule has 0 aromatic carbocycles. The van der Waals surface area contributed by atoms with Gasteiger partial charge in [-0.25, -0.2) is 4.79 Å². The van der Waals surface area contributed by atoms with E-state index in [0.717, 1.165) is 6.42 Å². The normalized spacial score (nSPS) is 26.3. The Morgan fingerprint density at radius 1 is 1.05 bits per heavy atom. The van der Waals surface area contributed by atoms with E-state index < -0.39 is 18.1 Å². The van der Waals surface area contributed by atoms with Crippen molar-refractivity contribution >= 4 is 11.9 Å². The first-order chi connectivity index (χ1) is 9.81. The first kappa shape index (κ1) is 15.9. The van der Waals surface area contributed by atoms with Gasteiger partial charge >= 0.3 is 18.1 Å². The van der Waals surface area contributed by atoms with Gasteiger partial charge in [-0.05, 0) is 19.9 Å². The maximum atomic E-state index is 12.2. The van der Waals surface area contributed by atoms with Gasteiger partial charge in [0.1, 0.15) is 0 Å². The second-order valence-corrected chi connectivity index (χ2v) is 5.41. The second-order valence-electron chi connectivity index (χ2n) is 5.41. The van der Waals surface area contributed by atoms with Gasteiger partial charge in [0.25, 0.3) is 0 Å². The van der Waals surface area contributed by atoms with Crippen molar-refractivity contribution in [2.75, 3.05) is 33.2 Å². The minimum Gasteiger partial charge on any atom is -0.344 e. The van der Waals surface area contributed by atoms with E-state index in [4.69, 9.17) is 0 Å². The lowest BCUT2D eigenvalue weighted by Gasteiger charge is -2.24. The summed E-state index contributed by atoms with van der Waals surface area (Å²) in [5.41, 5.74) is 0. The molecule has 0 bridgehead atoms. The molecule has 9 heteroatoms. The maximum Gasteiger partial charge on any atom is 0.471 e. The molecule has 2 atom stereocenters. The Morgan fingerprint density at radius 2 is 1.57 bits per heavy atom. The number of hydrogen-bond donors (Lipinski definition) is 2. The third-order valence-corrected chi connectivity index (χ3v) is 3.92. The first-order valence-corrected chi connectivity index (χ1v) is 6.90. The highest BCUT2D eigenvalue weighted by molar-refractivity contribution is 5.82. The molecule has 2 heterocycles. The molecule has 2 aliphatic rings. The summed E-state index contributed by atoms with van der Waals surface area (Å²) in [6.07, 6.45) is -3.67. The van der Waals surface area contributed by atoms with Crippen LogP contribution in [0.4, 0.5) is 18.0 Å². The number of likely N-dealkylation sites (N-methyl/N-ethyl adjacent to an activating group) is 1. The van der Waals surface area contributed by atoms with E-state index >= 15 is 0 Å². The molecule has 120 valence electrons. The Labute approximate surface area is 120 Å². The van der Waals surface area contributed by atoms with Gasteiger partial charge in [0.2, 0.25) is 0 Å². The molecule has 2 unspecified atom stereocenters. The standard InChI is InChI=1S/C12H19F3N4O2/c1-16-8-2-4-18(6-8)11(21)19-5-3-9(7-19)17-10(20)12(13,14)15/h8-9,16H,2-7H2,1H3,(H,17,20). The van der Waals surface area contributed by atoms with Gasteiger partial charge in [-0.15, -0.1) is 0 Å². The van der Waals surface area contributed by atoms with E-state index in [-0.39, 0.29) is 18.6 Å². The summed E-state index contributed by atoms with van der Waals surface area (Å²) in [5, 5.41) is 5.02. The number of halogens is 3. The molecule has 2 fully saturated rings. The van der Waals surface area contributed by atoms with E-state index in [1.54, 1.807) is 4.90 Å². The van der Waals surface area contributed by atoms with Crippen molar-refractivity contribution in [3.05, 3.63) is 0 Å². The number of urea groups is 1. The summed E-state index contributed by atoms with van der Waals surface area (Å²) in [6.45, 7) is 1.73. The molecular weight excluding hydrogens is 289 g/mol. The zero-order valence-electron chi connectivity index (χ0n) is 11.7. The van der Waals surface area contributed by atoms with Crippen molar-refractivity contribution in [1.82, 2.24) is 20.4 Å². The highest BCUT2D eigenvalue weighted by Crippen LogP contribution is 2.19. The van der Waals surface area contributed by atoms with E-state index in [2.05, 4.69) is 5.32 Å². The van der Waals surface area contributed by atoms with Gasteiger partial charge in [0, 0.05) is 38.3 Å². The number of carbonyl (C=O) groups excluding carboxylic acids is 2. The maximum absolute atomic E-state index is 12.2. The number of nitrogens with zero attached hydrogens (tertiary/aromatic N) is 2. The molecule has 0 radical (unpaired) electrons. The average Bonchev–Trinajstić information content (AvgIpc) is 3.05. The molecule has 2 saturated heterocycles. The van der Waals surface area contributed by atoms with E-state index in [9.17, 15) is 22.8 Å². The molecular formula is C12H19F3N4O2. The predicted molar refractivity (Wildman–Crippen MR) is 68.6 cm³/mol. The Morgan fingerprint density at radius 3 is 2.05 bits per heavy atom. The Kier molecular flexibility index (Phi) is 4.60. The number of likely N-dealkylation sites (tertiary alicyclic amines) is 2. The first-order valence-electron chi connectivity index (χ1n) is 6.90. The van der Waals surface area contributed by atoms with Gasteiger partial charge in [-0.3, -0.25) is 4.79 Å². The number of hydrogen-bond acceptors (Lipinski definition) is 3. The topological polar surface area (TPSA) is 64.7 Å². The van der Waals surface area contributed by atoms with Crippen LogP contribution in [-0.4, -0.2) is 73.2 Å². The average molecular weight is 308 g/mol. The van der Waals surface area contributed by atoms with Crippen LogP contribution in [0.3, 0.4) is 0 Å². The lowest BCUT2D eigenvalue weighted by Crippen LogP contribution is -2.46. The smallest absolute Gasteiger partial charge is 0.344 e. The van der Waals surface area contributed by atoms with Crippen LogP contribution in [-0.2, 0) is 4.79 Å². The molecule has 0 aromatic heterocycles. The van der Waals surface area contributed by atoms with Crippen molar-refractivity contribution in [2.45, 2.75) is 31.1 Å². The summed E-state index contributed by atoms with van der Waals surface area (Å²) in [4.78, 5) is 26.3. The number of amides is 3.